The minimum Gasteiger partial charge on any atom is -0.467 e. The molecule has 1 fully saturated rings. The molecule has 0 radical (unpaired) electrons. The van der Waals surface area contributed by atoms with Gasteiger partial charge in [-0.15, -0.1) is 0 Å². The zero-order valence-electron chi connectivity index (χ0n) is 21.5. The van der Waals surface area contributed by atoms with E-state index >= 15 is 0 Å². The van der Waals surface area contributed by atoms with Crippen LogP contribution in [0.1, 0.15) is 63.4 Å². The van der Waals surface area contributed by atoms with E-state index in [-0.39, 0.29) is 18.1 Å². The van der Waals surface area contributed by atoms with Crippen LogP contribution in [0.5, 0.6) is 0 Å². The molecule has 0 unspecified atom stereocenters. The van der Waals surface area contributed by atoms with E-state index in [4.69, 9.17) is 14.6 Å². The second-order valence-electron chi connectivity index (χ2n) is 10.4. The molecule has 9 heteroatoms. The summed E-state index contributed by atoms with van der Waals surface area (Å²) in [4.78, 5) is 37.5. The fourth-order valence-electron chi connectivity index (χ4n) is 3.54. The quantitative estimate of drug-likeness (QED) is 0.347. The van der Waals surface area contributed by atoms with Crippen LogP contribution in [0.15, 0.2) is 24.3 Å². The standard InChI is InChI=1S/C27H34N2O7/c1-25(2,3)36-24(33)29-26(4,5)21(23(32)35-6)28-22(31)20-13-11-18(12-14-20)9-7-8-10-19-15-27(34,16-19)17-30/h11-14,19,21,30,34H,15-17H2,1-6H3,(H,28,31)(H,29,33)/t19?,21-,27?/m1/s1. The van der Waals surface area contributed by atoms with Gasteiger partial charge >= 0.3 is 12.1 Å². The summed E-state index contributed by atoms with van der Waals surface area (Å²) in [5.74, 6) is 10.1. The zero-order valence-corrected chi connectivity index (χ0v) is 21.5. The summed E-state index contributed by atoms with van der Waals surface area (Å²) in [6, 6.07) is 5.22. The van der Waals surface area contributed by atoms with Gasteiger partial charge in [0.05, 0.1) is 24.9 Å². The maximum Gasteiger partial charge on any atom is 0.408 e. The first kappa shape index (κ1) is 28.7. The number of benzene rings is 1. The molecule has 36 heavy (non-hydrogen) atoms. The molecule has 0 heterocycles. The van der Waals surface area contributed by atoms with Gasteiger partial charge in [0.15, 0.2) is 0 Å². The number of hydrogen-bond donors (Lipinski definition) is 4. The van der Waals surface area contributed by atoms with Gasteiger partial charge in [0, 0.05) is 17.0 Å². The number of rotatable bonds is 6. The Kier molecular flexibility index (Phi) is 9.15. The fraction of sp³-hybridized carbons (Fsp3) is 0.519. The molecule has 1 aliphatic carbocycles. The van der Waals surface area contributed by atoms with E-state index in [2.05, 4.69) is 34.3 Å². The zero-order chi connectivity index (χ0) is 27.1. The first-order valence-electron chi connectivity index (χ1n) is 11.5. The van der Waals surface area contributed by atoms with Gasteiger partial charge in [-0.3, -0.25) is 4.79 Å². The Hall–Kier alpha value is -3.53. The molecule has 9 nitrogen and oxygen atoms in total. The number of hydrogen-bond acceptors (Lipinski definition) is 7. The Labute approximate surface area is 211 Å². The predicted molar refractivity (Wildman–Crippen MR) is 133 cm³/mol. The van der Waals surface area contributed by atoms with Crippen LogP contribution in [-0.4, -0.2) is 64.7 Å². The number of nitrogens with one attached hydrogen (secondary N) is 2. The van der Waals surface area contributed by atoms with Crippen molar-refractivity contribution in [3.8, 4) is 23.7 Å². The lowest BCUT2D eigenvalue weighted by Gasteiger charge is -2.39. The van der Waals surface area contributed by atoms with Crippen molar-refractivity contribution >= 4 is 18.0 Å². The van der Waals surface area contributed by atoms with Gasteiger partial charge in [-0.25, -0.2) is 9.59 Å². The van der Waals surface area contributed by atoms with Gasteiger partial charge in [0.1, 0.15) is 11.6 Å². The third kappa shape index (κ3) is 8.30. The third-order valence-corrected chi connectivity index (χ3v) is 5.50. The van der Waals surface area contributed by atoms with Crippen LogP contribution >= 0.6 is 0 Å². The molecule has 1 aromatic carbocycles. The number of carbonyl (C=O) groups is 3. The van der Waals surface area contributed by atoms with Gasteiger partial charge in [0.2, 0.25) is 0 Å². The van der Waals surface area contributed by atoms with Gasteiger partial charge in [-0.05, 0) is 83.6 Å². The van der Waals surface area contributed by atoms with E-state index < -0.39 is 40.8 Å². The van der Waals surface area contributed by atoms with Crippen molar-refractivity contribution in [3.05, 3.63) is 35.4 Å². The van der Waals surface area contributed by atoms with Crippen molar-refractivity contribution in [2.24, 2.45) is 5.92 Å². The first-order chi connectivity index (χ1) is 16.7. The Bertz CT molecular complexity index is 1090. The molecular weight excluding hydrogens is 464 g/mol. The second-order valence-corrected chi connectivity index (χ2v) is 10.4. The molecule has 1 aromatic rings. The third-order valence-electron chi connectivity index (χ3n) is 5.50. The Balaban J connectivity index is 2.04. The van der Waals surface area contributed by atoms with Crippen LogP contribution in [0, 0.1) is 29.6 Å². The van der Waals surface area contributed by atoms with Crippen molar-refractivity contribution < 1.29 is 34.1 Å². The predicted octanol–water partition coefficient (Wildman–Crippen LogP) is 1.75. The number of ether oxygens (including phenoxy) is 2. The van der Waals surface area contributed by atoms with E-state index in [1.165, 1.54) is 7.11 Å². The molecule has 1 aliphatic rings. The van der Waals surface area contributed by atoms with Crippen LogP contribution in [0.3, 0.4) is 0 Å². The van der Waals surface area contributed by atoms with E-state index in [0.717, 1.165) is 0 Å². The summed E-state index contributed by atoms with van der Waals surface area (Å²) < 4.78 is 10.1. The lowest BCUT2D eigenvalue weighted by molar-refractivity contribution is -0.144. The van der Waals surface area contributed by atoms with Gasteiger partial charge in [0.25, 0.3) is 5.91 Å². The molecule has 0 aromatic heterocycles. The Morgan fingerprint density at radius 2 is 1.72 bits per heavy atom. The number of amides is 2. The molecule has 1 saturated carbocycles. The van der Waals surface area contributed by atoms with Crippen molar-refractivity contribution in [1.29, 1.82) is 0 Å². The average molecular weight is 499 g/mol. The smallest absolute Gasteiger partial charge is 0.408 e. The van der Waals surface area contributed by atoms with Crippen LogP contribution < -0.4 is 10.6 Å². The lowest BCUT2D eigenvalue weighted by atomic mass is 9.72. The largest absolute Gasteiger partial charge is 0.467 e. The first-order valence-corrected chi connectivity index (χ1v) is 11.5. The number of aliphatic hydroxyl groups is 2. The van der Waals surface area contributed by atoms with Crippen molar-refractivity contribution in [1.82, 2.24) is 10.6 Å². The minimum atomic E-state index is -1.22. The Morgan fingerprint density at radius 3 is 2.25 bits per heavy atom. The summed E-state index contributed by atoms with van der Waals surface area (Å²) >= 11 is 0. The van der Waals surface area contributed by atoms with E-state index in [9.17, 15) is 19.5 Å². The van der Waals surface area contributed by atoms with Crippen LogP contribution in [0.2, 0.25) is 0 Å². The van der Waals surface area contributed by atoms with Crippen LogP contribution in [0.25, 0.3) is 0 Å². The number of aliphatic hydroxyl groups excluding tert-OH is 1. The molecule has 4 N–H and O–H groups in total. The molecule has 0 saturated heterocycles. The van der Waals surface area contributed by atoms with Crippen molar-refractivity contribution in [2.75, 3.05) is 13.7 Å². The highest BCUT2D eigenvalue weighted by molar-refractivity contribution is 5.97. The SMILES string of the molecule is COC(=O)[C@@H](NC(=O)c1ccc(C#CC#CC2CC(O)(CO)C2)cc1)C(C)(C)NC(=O)OC(C)(C)C. The molecule has 2 rings (SSSR count). The summed E-state index contributed by atoms with van der Waals surface area (Å²) in [5.41, 5.74) is -2.05. The van der Waals surface area contributed by atoms with E-state index in [1.807, 2.05) is 0 Å². The summed E-state index contributed by atoms with van der Waals surface area (Å²) in [7, 11) is 1.19. The van der Waals surface area contributed by atoms with Gasteiger partial charge in [-0.1, -0.05) is 11.8 Å². The number of alkyl carbamates (subject to hydrolysis) is 1. The summed E-state index contributed by atoms with van der Waals surface area (Å²) in [6.45, 7) is 8.03. The number of carbonyl (C=O) groups excluding carboxylic acids is 3. The topological polar surface area (TPSA) is 134 Å². The van der Waals surface area contributed by atoms with Gasteiger partial charge < -0.3 is 30.3 Å². The molecule has 0 spiro atoms. The molecule has 0 bridgehead atoms. The highest BCUT2D eigenvalue weighted by atomic mass is 16.6. The summed E-state index contributed by atoms with van der Waals surface area (Å²) in [6.07, 6.45) is 0.125. The van der Waals surface area contributed by atoms with E-state index in [0.29, 0.717) is 18.4 Å². The maximum atomic E-state index is 12.8. The average Bonchev–Trinajstić information content (AvgIpc) is 2.76. The van der Waals surface area contributed by atoms with Crippen molar-refractivity contribution in [3.63, 3.8) is 0 Å². The lowest BCUT2D eigenvalue weighted by Crippen LogP contribution is -2.62. The highest BCUT2D eigenvalue weighted by Crippen LogP contribution is 2.36. The highest BCUT2D eigenvalue weighted by Gasteiger charge is 2.41. The normalized spacial score (nSPS) is 19.7. The van der Waals surface area contributed by atoms with Gasteiger partial charge in [-0.2, -0.15) is 0 Å². The molecular formula is C27H34N2O7. The van der Waals surface area contributed by atoms with Crippen molar-refractivity contribution in [2.45, 2.75) is 70.2 Å². The second kappa shape index (κ2) is 11.5. The van der Waals surface area contributed by atoms with Crippen LogP contribution in [-0.2, 0) is 14.3 Å². The fourth-order valence-corrected chi connectivity index (χ4v) is 3.54. The monoisotopic (exact) mass is 498 g/mol. The number of esters is 1. The molecule has 0 aliphatic heterocycles. The maximum absolute atomic E-state index is 12.8. The summed E-state index contributed by atoms with van der Waals surface area (Å²) in [5, 5.41) is 24.1. The van der Waals surface area contributed by atoms with Crippen LogP contribution in [0.4, 0.5) is 4.79 Å². The molecule has 2 amide bonds. The minimum absolute atomic E-state index is 0.0133. The number of methoxy groups -OCH3 is 1. The molecule has 1 atom stereocenters. The van der Waals surface area contributed by atoms with E-state index in [1.54, 1.807) is 58.9 Å². The Morgan fingerprint density at radius 1 is 1.11 bits per heavy atom. The molecule has 194 valence electrons.